The van der Waals surface area contributed by atoms with Crippen molar-refractivity contribution in [3.8, 4) is 5.75 Å². The molecule has 0 saturated carbocycles. The van der Waals surface area contributed by atoms with Crippen LogP contribution in [0.2, 0.25) is 0 Å². The average molecular weight is 427 g/mol. The van der Waals surface area contributed by atoms with E-state index >= 15 is 0 Å². The fraction of sp³-hybridized carbons (Fsp3) is 0.125. The van der Waals surface area contributed by atoms with Crippen molar-refractivity contribution in [3.63, 3.8) is 0 Å². The molecule has 1 aromatic heterocycles. The minimum atomic E-state index is -0.116. The van der Waals surface area contributed by atoms with Crippen LogP contribution in [0.1, 0.15) is 11.0 Å². The minimum Gasteiger partial charge on any atom is -0.484 e. The van der Waals surface area contributed by atoms with Crippen LogP contribution in [0.4, 0.5) is 0 Å². The molecule has 0 aliphatic rings. The second kappa shape index (κ2) is 6.48. The van der Waals surface area contributed by atoms with Crippen molar-refractivity contribution < 1.29 is 4.74 Å². The highest BCUT2D eigenvalue weighted by Crippen LogP contribution is 2.30. The van der Waals surface area contributed by atoms with E-state index in [1.165, 1.54) is 5.39 Å². The van der Waals surface area contributed by atoms with Gasteiger partial charge in [0.2, 0.25) is 0 Å². The molecular weight excluding hydrogens is 414 g/mol. The predicted molar refractivity (Wildman–Crippen MR) is 96.1 cm³/mol. The molecule has 3 aromatic rings. The summed E-state index contributed by atoms with van der Waals surface area (Å²) in [5.41, 5.74) is 5.85. The fourth-order valence-corrected chi connectivity index (χ4v) is 4.02. The van der Waals surface area contributed by atoms with Crippen molar-refractivity contribution in [1.82, 2.24) is 0 Å². The quantitative estimate of drug-likeness (QED) is 0.597. The lowest BCUT2D eigenvalue weighted by molar-refractivity contribution is 0.218. The highest BCUT2D eigenvalue weighted by molar-refractivity contribution is 9.10. The molecule has 0 radical (unpaired) electrons. The molecule has 108 valence electrons. The highest BCUT2D eigenvalue weighted by atomic mass is 79.9. The van der Waals surface area contributed by atoms with Crippen molar-refractivity contribution >= 4 is 54.0 Å². The third-order valence-electron chi connectivity index (χ3n) is 3.17. The molecule has 0 aliphatic heterocycles. The van der Waals surface area contributed by atoms with Crippen LogP contribution < -0.4 is 10.5 Å². The van der Waals surface area contributed by atoms with Crippen LogP contribution >= 0.6 is 43.2 Å². The summed E-state index contributed by atoms with van der Waals surface area (Å²) >= 11 is 8.60. The zero-order valence-electron chi connectivity index (χ0n) is 11.1. The zero-order chi connectivity index (χ0) is 14.8. The number of benzene rings is 2. The monoisotopic (exact) mass is 425 g/mol. The van der Waals surface area contributed by atoms with Gasteiger partial charge in [-0.15, -0.1) is 11.3 Å². The number of rotatable bonds is 4. The maximum absolute atomic E-state index is 6.05. The van der Waals surface area contributed by atoms with E-state index in [-0.39, 0.29) is 6.10 Å². The van der Waals surface area contributed by atoms with Crippen LogP contribution in [0.3, 0.4) is 0 Å². The van der Waals surface area contributed by atoms with Gasteiger partial charge in [-0.3, -0.25) is 0 Å². The summed E-state index contributed by atoms with van der Waals surface area (Å²) in [4.78, 5) is 1.13. The summed E-state index contributed by atoms with van der Waals surface area (Å²) in [5.74, 6) is 0.838. The molecule has 2 N–H and O–H groups in total. The number of fused-ring (bicyclic) bond motifs is 1. The Morgan fingerprint density at radius 3 is 2.48 bits per heavy atom. The third kappa shape index (κ3) is 3.48. The topological polar surface area (TPSA) is 35.2 Å². The van der Waals surface area contributed by atoms with Gasteiger partial charge in [0.15, 0.2) is 0 Å². The number of ether oxygens (including phenoxy) is 1. The van der Waals surface area contributed by atoms with E-state index in [0.717, 1.165) is 25.0 Å². The second-order valence-electron chi connectivity index (χ2n) is 4.66. The van der Waals surface area contributed by atoms with Gasteiger partial charge < -0.3 is 10.5 Å². The first kappa shape index (κ1) is 15.0. The van der Waals surface area contributed by atoms with Gasteiger partial charge in [0, 0.05) is 25.7 Å². The largest absolute Gasteiger partial charge is 0.484 e. The molecule has 5 heteroatoms. The molecule has 1 unspecified atom stereocenters. The molecule has 0 aliphatic carbocycles. The molecule has 21 heavy (non-hydrogen) atoms. The third-order valence-corrected chi connectivity index (χ3v) is 5.45. The maximum atomic E-state index is 6.05. The zero-order valence-corrected chi connectivity index (χ0v) is 15.0. The number of hydrogen-bond acceptors (Lipinski definition) is 3. The van der Waals surface area contributed by atoms with E-state index in [9.17, 15) is 0 Å². The van der Waals surface area contributed by atoms with E-state index in [1.807, 2.05) is 23.6 Å². The van der Waals surface area contributed by atoms with Crippen LogP contribution in [0.25, 0.3) is 10.8 Å². The maximum Gasteiger partial charge on any atom is 0.145 e. The molecule has 1 atom stereocenters. The molecule has 0 saturated heterocycles. The molecule has 0 fully saturated rings. The van der Waals surface area contributed by atoms with Gasteiger partial charge in [-0.05, 0) is 57.0 Å². The first-order chi connectivity index (χ1) is 10.2. The van der Waals surface area contributed by atoms with E-state index in [2.05, 4.69) is 56.1 Å². The SMILES string of the molecule is NCC(Oc1ccc2cc(Br)ccc2c1)c1cc(Br)cs1. The Balaban J connectivity index is 1.87. The Morgan fingerprint density at radius 2 is 1.76 bits per heavy atom. The lowest BCUT2D eigenvalue weighted by atomic mass is 10.1. The van der Waals surface area contributed by atoms with Crippen molar-refractivity contribution in [2.75, 3.05) is 6.54 Å². The Labute approximate surface area is 144 Å². The second-order valence-corrected chi connectivity index (χ2v) is 7.44. The van der Waals surface area contributed by atoms with Gasteiger partial charge in [-0.2, -0.15) is 0 Å². The number of halogens is 2. The van der Waals surface area contributed by atoms with Gasteiger partial charge in [0.25, 0.3) is 0 Å². The Bertz CT molecular complexity index is 772. The molecule has 1 heterocycles. The summed E-state index contributed by atoms with van der Waals surface area (Å²) in [6.07, 6.45) is -0.116. The predicted octanol–water partition coefficient (Wildman–Crippen LogP) is 5.51. The Morgan fingerprint density at radius 1 is 1.00 bits per heavy atom. The lowest BCUT2D eigenvalue weighted by Gasteiger charge is -2.16. The summed E-state index contributed by atoms with van der Waals surface area (Å²) < 4.78 is 8.19. The molecular formula is C16H13Br2NOS. The molecule has 2 aromatic carbocycles. The van der Waals surface area contributed by atoms with Gasteiger partial charge in [-0.25, -0.2) is 0 Å². The van der Waals surface area contributed by atoms with Gasteiger partial charge >= 0.3 is 0 Å². The molecule has 3 rings (SSSR count). The van der Waals surface area contributed by atoms with Gasteiger partial charge in [0.1, 0.15) is 11.9 Å². The normalized spacial score (nSPS) is 12.5. The van der Waals surface area contributed by atoms with E-state index in [0.29, 0.717) is 6.54 Å². The molecule has 0 amide bonds. The van der Waals surface area contributed by atoms with Crippen LogP contribution in [0.5, 0.6) is 5.75 Å². The highest BCUT2D eigenvalue weighted by Gasteiger charge is 2.14. The van der Waals surface area contributed by atoms with Crippen LogP contribution in [-0.2, 0) is 0 Å². The Hall–Kier alpha value is -0.880. The van der Waals surface area contributed by atoms with Crippen molar-refractivity contribution in [3.05, 3.63) is 61.7 Å². The number of nitrogens with two attached hydrogens (primary N) is 1. The Kier molecular flexibility index (Phi) is 4.64. The average Bonchev–Trinajstić information content (AvgIpc) is 2.91. The lowest BCUT2D eigenvalue weighted by Crippen LogP contribution is -2.17. The van der Waals surface area contributed by atoms with E-state index < -0.39 is 0 Å². The van der Waals surface area contributed by atoms with Crippen molar-refractivity contribution in [2.24, 2.45) is 5.73 Å². The molecule has 2 nitrogen and oxygen atoms in total. The first-order valence-corrected chi connectivity index (χ1v) is 8.92. The van der Waals surface area contributed by atoms with E-state index in [4.69, 9.17) is 10.5 Å². The van der Waals surface area contributed by atoms with Crippen LogP contribution in [0.15, 0.2) is 56.8 Å². The summed E-state index contributed by atoms with van der Waals surface area (Å²) in [6, 6.07) is 14.4. The van der Waals surface area contributed by atoms with E-state index in [1.54, 1.807) is 11.3 Å². The smallest absolute Gasteiger partial charge is 0.145 e. The first-order valence-electron chi connectivity index (χ1n) is 6.45. The minimum absolute atomic E-state index is 0.116. The fourth-order valence-electron chi connectivity index (χ4n) is 2.15. The van der Waals surface area contributed by atoms with Gasteiger partial charge in [0.05, 0.1) is 0 Å². The van der Waals surface area contributed by atoms with Gasteiger partial charge in [-0.1, -0.05) is 28.1 Å². The summed E-state index contributed by atoms with van der Waals surface area (Å²) in [5, 5.41) is 4.37. The molecule has 0 spiro atoms. The standard InChI is InChI=1S/C16H13Br2NOS/c17-12-3-1-11-6-14(4-2-10(11)5-12)20-15(8-19)16-7-13(18)9-21-16/h1-7,9,15H,8,19H2. The van der Waals surface area contributed by atoms with Crippen LogP contribution in [0, 0.1) is 0 Å². The molecule has 0 bridgehead atoms. The number of thiophene rings is 1. The summed E-state index contributed by atoms with van der Waals surface area (Å²) in [6.45, 7) is 0.450. The summed E-state index contributed by atoms with van der Waals surface area (Å²) in [7, 11) is 0. The van der Waals surface area contributed by atoms with Crippen molar-refractivity contribution in [1.29, 1.82) is 0 Å². The van der Waals surface area contributed by atoms with Crippen LogP contribution in [-0.4, -0.2) is 6.54 Å². The van der Waals surface area contributed by atoms with Crippen molar-refractivity contribution in [2.45, 2.75) is 6.10 Å². The number of hydrogen-bond donors (Lipinski definition) is 1.